The van der Waals surface area contributed by atoms with Crippen molar-refractivity contribution in [1.82, 2.24) is 23.6 Å². The van der Waals surface area contributed by atoms with Gasteiger partial charge in [0.05, 0.1) is 23.9 Å². The Morgan fingerprint density at radius 2 is 1.83 bits per heavy atom. The van der Waals surface area contributed by atoms with Crippen molar-refractivity contribution in [2.24, 2.45) is 0 Å². The minimum Gasteiger partial charge on any atom is -0.505 e. The zero-order chi connectivity index (χ0) is 25.1. The molecule has 2 aliphatic rings. The van der Waals surface area contributed by atoms with Crippen LogP contribution in [-0.4, -0.2) is 69.6 Å². The highest BCUT2D eigenvalue weighted by Gasteiger charge is 2.37. The van der Waals surface area contributed by atoms with Gasteiger partial charge in [0, 0.05) is 26.7 Å². The van der Waals surface area contributed by atoms with Gasteiger partial charge in [-0.2, -0.15) is 9.40 Å². The molecule has 10 nitrogen and oxygen atoms in total. The molecular weight excluding hydrogens is 477 g/mol. The first-order valence-corrected chi connectivity index (χ1v) is 13.2. The van der Waals surface area contributed by atoms with Crippen molar-refractivity contribution < 1.29 is 23.4 Å². The zero-order valence-corrected chi connectivity index (χ0v) is 20.3. The van der Waals surface area contributed by atoms with Crippen LogP contribution < -0.4 is 5.56 Å². The average Bonchev–Trinajstić information content (AvgIpc) is 3.12. The average molecular weight is 506 g/mol. The van der Waals surface area contributed by atoms with Gasteiger partial charge in [0.25, 0.3) is 11.5 Å². The fourth-order valence-electron chi connectivity index (χ4n) is 4.96. The number of benzene rings is 1. The van der Waals surface area contributed by atoms with Gasteiger partial charge in [-0.15, -0.1) is 10.8 Å². The van der Waals surface area contributed by atoms with E-state index in [0.717, 1.165) is 6.42 Å². The van der Waals surface area contributed by atoms with Crippen LogP contribution in [0.3, 0.4) is 0 Å². The second-order valence-electron chi connectivity index (χ2n) is 9.13. The predicted octanol–water partition coefficient (Wildman–Crippen LogP) is 3.00. The summed E-state index contributed by atoms with van der Waals surface area (Å²) in [6.45, 7) is 2.97. The van der Waals surface area contributed by atoms with Gasteiger partial charge >= 0.3 is 0 Å². The third-order valence-electron chi connectivity index (χ3n) is 6.86. The van der Waals surface area contributed by atoms with Crippen LogP contribution in [0.4, 0.5) is 4.39 Å². The number of carbonyl (C=O) groups excluding carboxylic acids is 1. The summed E-state index contributed by atoms with van der Waals surface area (Å²) in [7, 11) is -1.42. The van der Waals surface area contributed by atoms with E-state index in [2.05, 4.69) is 5.10 Å². The minimum atomic E-state index is -3.04. The molecule has 1 amide bonds. The van der Waals surface area contributed by atoms with Crippen molar-refractivity contribution in [3.05, 3.63) is 57.4 Å². The van der Waals surface area contributed by atoms with Gasteiger partial charge in [0.15, 0.2) is 11.4 Å². The van der Waals surface area contributed by atoms with Gasteiger partial charge in [-0.1, -0.05) is 12.1 Å². The number of halogens is 1. The van der Waals surface area contributed by atoms with Crippen molar-refractivity contribution >= 4 is 27.6 Å². The molecule has 0 saturated carbocycles. The van der Waals surface area contributed by atoms with Crippen LogP contribution in [0.15, 0.2) is 29.1 Å². The third kappa shape index (κ3) is 3.90. The number of aromatic hydroxyl groups is 1. The summed E-state index contributed by atoms with van der Waals surface area (Å²) in [5, 5.41) is 15.7. The first kappa shape index (κ1) is 23.8. The van der Waals surface area contributed by atoms with Gasteiger partial charge in [-0.05, 0) is 37.5 Å². The Morgan fingerprint density at radius 1 is 1.11 bits per heavy atom. The molecule has 5 rings (SSSR count). The molecule has 1 saturated heterocycles. The molecule has 3 N–H and O–H groups in total. The molecule has 188 valence electrons. The Kier molecular flexibility index (Phi) is 5.86. The quantitative estimate of drug-likeness (QED) is 0.498. The van der Waals surface area contributed by atoms with Crippen molar-refractivity contribution in [3.8, 4) is 5.75 Å². The maximum absolute atomic E-state index is 13.5. The Labute approximate surface area is 202 Å². The molecule has 3 aromatic rings. The topological polar surface area (TPSA) is 124 Å². The van der Waals surface area contributed by atoms with Crippen LogP contribution in [-0.2, 0) is 13.1 Å². The number of fused-ring (bicyclic) bond motifs is 3. The smallest absolute Gasteiger partial charge is 0.280 e. The number of amides is 1. The molecule has 12 heteroatoms. The number of rotatable bonds is 4. The number of carbonyl (C=O) groups is 1. The van der Waals surface area contributed by atoms with E-state index in [0.29, 0.717) is 42.8 Å². The van der Waals surface area contributed by atoms with Crippen LogP contribution >= 0.6 is 10.8 Å². The largest absolute Gasteiger partial charge is 0.505 e. The number of likely N-dealkylation sites (N-methyl/N-ethyl adjacent to an activating group) is 1. The van der Waals surface area contributed by atoms with Crippen molar-refractivity contribution in [2.45, 2.75) is 38.9 Å². The lowest BCUT2D eigenvalue weighted by atomic mass is 10.1. The molecule has 2 aliphatic heterocycles. The first-order valence-electron chi connectivity index (χ1n) is 11.5. The van der Waals surface area contributed by atoms with Gasteiger partial charge in [0.1, 0.15) is 16.9 Å². The van der Waals surface area contributed by atoms with Crippen molar-refractivity contribution in [3.63, 3.8) is 0 Å². The first-order chi connectivity index (χ1) is 16.6. The van der Waals surface area contributed by atoms with E-state index in [4.69, 9.17) is 0 Å². The van der Waals surface area contributed by atoms with Crippen molar-refractivity contribution in [1.29, 1.82) is 0 Å². The fourth-order valence-corrected chi connectivity index (χ4v) is 6.81. The SMILES string of the molecule is CC(c1nn(Cc2ccc(F)cc2)c(=O)c2c(O)c3n(c12)CCN(C)C3=O)N1CCCCS1(O)O. The molecule has 0 aliphatic carbocycles. The summed E-state index contributed by atoms with van der Waals surface area (Å²) in [5.41, 5.74) is 0.752. The van der Waals surface area contributed by atoms with Crippen LogP contribution in [0.2, 0.25) is 0 Å². The number of aromatic nitrogens is 3. The van der Waals surface area contributed by atoms with Crippen LogP contribution in [0.25, 0.3) is 10.9 Å². The zero-order valence-electron chi connectivity index (χ0n) is 19.5. The Morgan fingerprint density at radius 3 is 2.51 bits per heavy atom. The van der Waals surface area contributed by atoms with Gasteiger partial charge in [-0.25, -0.2) is 9.07 Å². The second kappa shape index (κ2) is 8.63. The summed E-state index contributed by atoms with van der Waals surface area (Å²) in [6, 6.07) is 5.04. The molecule has 1 fully saturated rings. The summed E-state index contributed by atoms with van der Waals surface area (Å²) in [6.07, 6.45) is 1.47. The minimum absolute atomic E-state index is 0.0127. The molecule has 1 atom stereocenters. The van der Waals surface area contributed by atoms with E-state index >= 15 is 0 Å². The molecule has 0 radical (unpaired) electrons. The van der Waals surface area contributed by atoms with E-state index in [-0.39, 0.29) is 23.4 Å². The van der Waals surface area contributed by atoms with Gasteiger partial charge in [-0.3, -0.25) is 18.7 Å². The van der Waals surface area contributed by atoms with Gasteiger partial charge in [0.2, 0.25) is 0 Å². The Balaban J connectivity index is 1.75. The molecule has 4 heterocycles. The lowest BCUT2D eigenvalue weighted by molar-refractivity contribution is 0.0747. The maximum atomic E-state index is 13.5. The van der Waals surface area contributed by atoms with Crippen LogP contribution in [0.1, 0.15) is 47.6 Å². The van der Waals surface area contributed by atoms with Crippen LogP contribution in [0.5, 0.6) is 5.75 Å². The van der Waals surface area contributed by atoms with Gasteiger partial charge < -0.3 is 14.6 Å². The highest BCUT2D eigenvalue weighted by atomic mass is 32.3. The lowest BCUT2D eigenvalue weighted by Gasteiger charge is -2.48. The predicted molar refractivity (Wildman–Crippen MR) is 130 cm³/mol. The number of nitrogens with zero attached hydrogens (tertiary/aromatic N) is 5. The summed E-state index contributed by atoms with van der Waals surface area (Å²) < 4.78 is 39.3. The Bertz CT molecular complexity index is 1370. The normalized spacial score (nSPS) is 20.1. The molecule has 0 bridgehead atoms. The molecule has 35 heavy (non-hydrogen) atoms. The highest BCUT2D eigenvalue weighted by molar-refractivity contribution is 8.22. The van der Waals surface area contributed by atoms with E-state index < -0.39 is 39.9 Å². The standard InChI is InChI=1S/C23H28FN5O5S/c1-14(29-9-3-4-12-35(29,33)34)18-19-17(21(30)20-23(32)26(2)10-11-27(19)20)22(31)28(25-18)13-15-5-7-16(24)8-6-15/h5-8,14,30,33-34H,3-4,9-13H2,1-2H3. The molecule has 1 unspecified atom stereocenters. The Hall–Kier alpha value is -2.93. The van der Waals surface area contributed by atoms with E-state index in [1.165, 1.54) is 21.7 Å². The van der Waals surface area contributed by atoms with E-state index in [1.54, 1.807) is 35.0 Å². The van der Waals surface area contributed by atoms with E-state index in [9.17, 15) is 28.2 Å². The molecule has 1 aromatic carbocycles. The summed E-state index contributed by atoms with van der Waals surface area (Å²) in [5.74, 6) is -0.975. The fraction of sp³-hybridized carbons (Fsp3) is 0.435. The summed E-state index contributed by atoms with van der Waals surface area (Å²) in [4.78, 5) is 27.9. The van der Waals surface area contributed by atoms with E-state index in [1.807, 2.05) is 0 Å². The van der Waals surface area contributed by atoms with Crippen molar-refractivity contribution in [2.75, 3.05) is 25.9 Å². The highest BCUT2D eigenvalue weighted by Crippen LogP contribution is 2.52. The molecule has 2 aromatic heterocycles. The van der Waals surface area contributed by atoms with Crippen LogP contribution in [0, 0.1) is 5.82 Å². The molecular formula is C23H28FN5O5S. The monoisotopic (exact) mass is 505 g/mol. The lowest BCUT2D eigenvalue weighted by Crippen LogP contribution is -2.39. The third-order valence-corrected chi connectivity index (χ3v) is 8.95. The number of hydrogen-bond donors (Lipinski definition) is 3. The number of hydrogen-bond acceptors (Lipinski definition) is 7. The molecule has 0 spiro atoms. The maximum Gasteiger partial charge on any atom is 0.280 e. The second-order valence-corrected chi connectivity index (χ2v) is 11.3. The summed E-state index contributed by atoms with van der Waals surface area (Å²) >= 11 is 0.